The lowest BCUT2D eigenvalue weighted by Gasteiger charge is -2.12. The van der Waals surface area contributed by atoms with Gasteiger partial charge in [0.15, 0.2) is 0 Å². The zero-order valence-electron chi connectivity index (χ0n) is 12.4. The molecule has 6 heteroatoms. The average Bonchev–Trinajstić information content (AvgIpc) is 2.89. The van der Waals surface area contributed by atoms with Gasteiger partial charge in [-0.2, -0.15) is 4.68 Å². The number of aromatic nitrogens is 2. The number of benzene rings is 2. The van der Waals surface area contributed by atoms with Crippen LogP contribution in [0.2, 0.25) is 0 Å². The third kappa shape index (κ3) is 3.22. The highest BCUT2D eigenvalue weighted by Crippen LogP contribution is 2.20. The number of aliphatic hydroxyl groups is 1. The van der Waals surface area contributed by atoms with E-state index in [4.69, 9.17) is 4.42 Å². The van der Waals surface area contributed by atoms with Gasteiger partial charge in [-0.25, -0.2) is 9.18 Å². The van der Waals surface area contributed by atoms with Gasteiger partial charge in [-0.1, -0.05) is 24.3 Å². The quantitative estimate of drug-likeness (QED) is 0.804. The zero-order chi connectivity index (χ0) is 16.4. The molecule has 0 aliphatic rings. The molecule has 5 nitrogen and oxygen atoms in total. The monoisotopic (exact) mass is 314 g/mol. The van der Waals surface area contributed by atoms with Crippen LogP contribution in [0.15, 0.2) is 57.7 Å². The first-order valence-corrected chi connectivity index (χ1v) is 7.12. The van der Waals surface area contributed by atoms with E-state index in [2.05, 4.69) is 5.10 Å². The Labute approximate surface area is 131 Å². The van der Waals surface area contributed by atoms with E-state index in [1.165, 1.54) is 18.2 Å². The molecule has 0 bridgehead atoms. The molecule has 0 amide bonds. The maximum absolute atomic E-state index is 13.1. The highest BCUT2D eigenvalue weighted by molar-refractivity contribution is 5.51. The van der Waals surface area contributed by atoms with E-state index in [0.29, 0.717) is 16.7 Å². The van der Waals surface area contributed by atoms with Gasteiger partial charge in [-0.3, -0.25) is 0 Å². The molecule has 1 N–H and O–H groups in total. The molecule has 2 aromatic carbocycles. The van der Waals surface area contributed by atoms with E-state index in [9.17, 15) is 14.3 Å². The Morgan fingerprint density at radius 1 is 1.26 bits per heavy atom. The second kappa shape index (κ2) is 6.18. The number of aryl methyl sites for hydroxylation is 1. The fraction of sp³-hybridized carbons (Fsp3) is 0.176. The van der Waals surface area contributed by atoms with Crippen molar-refractivity contribution in [1.82, 2.24) is 9.78 Å². The van der Waals surface area contributed by atoms with Crippen molar-refractivity contribution in [2.75, 3.05) is 0 Å². The van der Waals surface area contributed by atoms with Gasteiger partial charge in [0.25, 0.3) is 0 Å². The Hall–Kier alpha value is -2.73. The number of hydrogen-bond acceptors (Lipinski definition) is 4. The smallest absolute Gasteiger partial charge is 0.388 e. The van der Waals surface area contributed by atoms with E-state index in [1.54, 1.807) is 19.1 Å². The lowest BCUT2D eigenvalue weighted by atomic mass is 10.0. The zero-order valence-corrected chi connectivity index (χ0v) is 12.4. The summed E-state index contributed by atoms with van der Waals surface area (Å²) in [6.07, 6.45) is -0.984. The summed E-state index contributed by atoms with van der Waals surface area (Å²) in [6, 6.07) is 13.1. The molecule has 0 spiro atoms. The van der Waals surface area contributed by atoms with Crippen molar-refractivity contribution < 1.29 is 13.9 Å². The molecular formula is C17H15FN2O3. The highest BCUT2D eigenvalue weighted by atomic mass is 19.1. The summed E-state index contributed by atoms with van der Waals surface area (Å²) >= 11 is 0. The molecule has 23 heavy (non-hydrogen) atoms. The van der Waals surface area contributed by atoms with Gasteiger partial charge < -0.3 is 9.52 Å². The minimum absolute atomic E-state index is 0.0678. The Morgan fingerprint density at radius 2 is 2.00 bits per heavy atom. The van der Waals surface area contributed by atoms with Crippen LogP contribution in [0, 0.1) is 12.7 Å². The van der Waals surface area contributed by atoms with Crippen molar-refractivity contribution in [1.29, 1.82) is 0 Å². The van der Waals surface area contributed by atoms with Crippen molar-refractivity contribution in [2.24, 2.45) is 0 Å². The first-order chi connectivity index (χ1) is 11.0. The first-order valence-electron chi connectivity index (χ1n) is 7.12. The van der Waals surface area contributed by atoms with Crippen LogP contribution in [0.25, 0.3) is 11.5 Å². The molecule has 118 valence electrons. The maximum atomic E-state index is 13.1. The molecule has 1 atom stereocenters. The van der Waals surface area contributed by atoms with E-state index >= 15 is 0 Å². The summed E-state index contributed by atoms with van der Waals surface area (Å²) < 4.78 is 19.3. The normalized spacial score (nSPS) is 12.3. The molecule has 1 aromatic heterocycles. The number of rotatable bonds is 4. The predicted octanol–water partition coefficient (Wildman–Crippen LogP) is 2.68. The largest absolute Gasteiger partial charge is 0.437 e. The molecule has 1 heterocycles. The molecule has 0 aliphatic carbocycles. The third-order valence-corrected chi connectivity index (χ3v) is 3.56. The molecule has 1 unspecified atom stereocenters. The van der Waals surface area contributed by atoms with Crippen LogP contribution in [0.5, 0.6) is 0 Å². The van der Waals surface area contributed by atoms with Gasteiger partial charge in [0, 0.05) is 5.56 Å². The van der Waals surface area contributed by atoms with Crippen molar-refractivity contribution in [3.63, 3.8) is 0 Å². The molecule has 0 radical (unpaired) electrons. The van der Waals surface area contributed by atoms with Crippen LogP contribution < -0.4 is 5.76 Å². The minimum Gasteiger partial charge on any atom is -0.388 e. The number of nitrogens with zero attached hydrogens (tertiary/aromatic N) is 2. The standard InChI is InChI=1S/C17H15FN2O3/c1-11-9-13(18)7-8-14(11)15(21)10-20-17(22)23-16(19-20)12-5-3-2-4-6-12/h2-9,15,21H,10H2,1H3. The second-order valence-corrected chi connectivity index (χ2v) is 5.24. The van der Waals surface area contributed by atoms with E-state index in [1.807, 2.05) is 18.2 Å². The van der Waals surface area contributed by atoms with E-state index < -0.39 is 11.9 Å². The van der Waals surface area contributed by atoms with Gasteiger partial charge in [-0.05, 0) is 42.3 Å². The molecule has 0 fully saturated rings. The number of halogens is 1. The molecule has 3 aromatic rings. The van der Waals surface area contributed by atoms with Gasteiger partial charge >= 0.3 is 5.76 Å². The predicted molar refractivity (Wildman–Crippen MR) is 82.3 cm³/mol. The summed E-state index contributed by atoms with van der Waals surface area (Å²) in [7, 11) is 0. The fourth-order valence-corrected chi connectivity index (χ4v) is 2.39. The average molecular weight is 314 g/mol. The number of aliphatic hydroxyl groups excluding tert-OH is 1. The van der Waals surface area contributed by atoms with Crippen LogP contribution in [0.3, 0.4) is 0 Å². The van der Waals surface area contributed by atoms with E-state index in [-0.39, 0.29) is 18.3 Å². The Morgan fingerprint density at radius 3 is 2.70 bits per heavy atom. The summed E-state index contributed by atoms with van der Waals surface area (Å²) in [5.41, 5.74) is 1.83. The molecule has 3 rings (SSSR count). The number of hydrogen-bond donors (Lipinski definition) is 1. The van der Waals surface area contributed by atoms with Crippen LogP contribution >= 0.6 is 0 Å². The van der Waals surface area contributed by atoms with Gasteiger partial charge in [-0.15, -0.1) is 5.10 Å². The summed E-state index contributed by atoms with van der Waals surface area (Å²) in [5.74, 6) is -0.829. The van der Waals surface area contributed by atoms with Crippen molar-refractivity contribution in [3.05, 3.63) is 76.0 Å². The lowest BCUT2D eigenvalue weighted by Crippen LogP contribution is -2.20. The third-order valence-electron chi connectivity index (χ3n) is 3.56. The molecule has 0 aliphatic heterocycles. The lowest BCUT2D eigenvalue weighted by molar-refractivity contribution is 0.147. The van der Waals surface area contributed by atoms with Gasteiger partial charge in [0.1, 0.15) is 5.82 Å². The summed E-state index contributed by atoms with van der Waals surface area (Å²) in [5, 5.41) is 14.4. The summed E-state index contributed by atoms with van der Waals surface area (Å²) in [4.78, 5) is 11.9. The minimum atomic E-state index is -0.984. The fourth-order valence-electron chi connectivity index (χ4n) is 2.39. The van der Waals surface area contributed by atoms with Crippen LogP contribution in [0.1, 0.15) is 17.2 Å². The van der Waals surface area contributed by atoms with Crippen LogP contribution in [-0.4, -0.2) is 14.9 Å². The van der Waals surface area contributed by atoms with Gasteiger partial charge in [0.05, 0.1) is 12.6 Å². The highest BCUT2D eigenvalue weighted by Gasteiger charge is 2.16. The Balaban J connectivity index is 1.86. The molecular weight excluding hydrogens is 299 g/mol. The maximum Gasteiger partial charge on any atom is 0.437 e. The second-order valence-electron chi connectivity index (χ2n) is 5.24. The van der Waals surface area contributed by atoms with Crippen molar-refractivity contribution >= 4 is 0 Å². The van der Waals surface area contributed by atoms with Crippen LogP contribution in [0.4, 0.5) is 4.39 Å². The summed E-state index contributed by atoms with van der Waals surface area (Å²) in [6.45, 7) is 1.63. The molecule has 0 saturated carbocycles. The van der Waals surface area contributed by atoms with Crippen molar-refractivity contribution in [2.45, 2.75) is 19.6 Å². The van der Waals surface area contributed by atoms with Crippen molar-refractivity contribution in [3.8, 4) is 11.5 Å². The Bertz CT molecular complexity index is 871. The van der Waals surface area contributed by atoms with E-state index in [0.717, 1.165) is 4.68 Å². The molecule has 0 saturated heterocycles. The topological polar surface area (TPSA) is 68.3 Å². The Kier molecular flexibility index (Phi) is 4.08. The first kappa shape index (κ1) is 15.2. The van der Waals surface area contributed by atoms with Crippen LogP contribution in [-0.2, 0) is 6.54 Å². The SMILES string of the molecule is Cc1cc(F)ccc1C(O)Cn1nc(-c2ccccc2)oc1=O. The van der Waals surface area contributed by atoms with Gasteiger partial charge in [0.2, 0.25) is 5.89 Å².